The molecule has 4 rings (SSSR count). The van der Waals surface area contributed by atoms with E-state index in [-0.39, 0.29) is 11.7 Å². The Morgan fingerprint density at radius 2 is 1.96 bits per heavy atom. The Balaban J connectivity index is 1.48. The van der Waals surface area contributed by atoms with Crippen LogP contribution in [0.2, 0.25) is 0 Å². The number of nitrogens with zero attached hydrogens (tertiary/aromatic N) is 4. The molecule has 146 valence electrons. The number of aromatic nitrogens is 2. The van der Waals surface area contributed by atoms with Gasteiger partial charge in [-0.15, -0.1) is 0 Å². The van der Waals surface area contributed by atoms with E-state index < -0.39 is 0 Å². The fourth-order valence-corrected chi connectivity index (χ4v) is 3.78. The summed E-state index contributed by atoms with van der Waals surface area (Å²) in [6.07, 6.45) is 3.66. The summed E-state index contributed by atoms with van der Waals surface area (Å²) in [6.45, 7) is 1.65. The summed E-state index contributed by atoms with van der Waals surface area (Å²) in [7, 11) is 4.17. The number of amides is 1. The highest BCUT2D eigenvalue weighted by Gasteiger charge is 2.22. The first-order valence-electron chi connectivity index (χ1n) is 9.48. The number of anilines is 2. The molecule has 3 aromatic rings. The lowest BCUT2D eigenvalue weighted by molar-refractivity contribution is 0.102. The zero-order valence-electron chi connectivity index (χ0n) is 16.1. The second kappa shape index (κ2) is 7.59. The fourth-order valence-electron chi connectivity index (χ4n) is 3.78. The van der Waals surface area contributed by atoms with Crippen molar-refractivity contribution in [3.8, 4) is 0 Å². The molecule has 1 fully saturated rings. The Labute approximate surface area is 163 Å². The van der Waals surface area contributed by atoms with Crippen molar-refractivity contribution in [1.82, 2.24) is 14.5 Å². The third-order valence-corrected chi connectivity index (χ3v) is 5.39. The number of carbonyl (C=O) groups excluding carboxylic acids is 1. The van der Waals surface area contributed by atoms with E-state index in [1.165, 1.54) is 6.07 Å². The molecule has 3 heterocycles. The average Bonchev–Trinajstić information content (AvgIpc) is 3.17. The molecule has 2 aromatic heterocycles. The quantitative estimate of drug-likeness (QED) is 0.754. The van der Waals surface area contributed by atoms with Gasteiger partial charge in [0.05, 0.1) is 17.4 Å². The number of rotatable bonds is 4. The molecular weight excluding hydrogens is 357 g/mol. The van der Waals surface area contributed by atoms with Gasteiger partial charge in [0, 0.05) is 24.8 Å². The minimum absolute atomic E-state index is 0.321. The van der Waals surface area contributed by atoms with Crippen molar-refractivity contribution in [3.63, 3.8) is 0 Å². The van der Waals surface area contributed by atoms with Crippen LogP contribution in [0.3, 0.4) is 0 Å². The lowest BCUT2D eigenvalue weighted by Crippen LogP contribution is -2.42. The third-order valence-electron chi connectivity index (χ3n) is 5.39. The molecule has 0 spiro atoms. The molecule has 0 aliphatic carbocycles. The van der Waals surface area contributed by atoms with E-state index in [1.54, 1.807) is 35.0 Å². The summed E-state index contributed by atoms with van der Waals surface area (Å²) in [5.41, 5.74) is 2.25. The maximum Gasteiger partial charge on any atom is 0.274 e. The van der Waals surface area contributed by atoms with Gasteiger partial charge in [0.2, 0.25) is 0 Å². The molecule has 1 aliphatic heterocycles. The Morgan fingerprint density at radius 3 is 2.68 bits per heavy atom. The molecule has 1 amide bonds. The summed E-state index contributed by atoms with van der Waals surface area (Å²) >= 11 is 0. The van der Waals surface area contributed by atoms with E-state index in [0.717, 1.165) is 31.4 Å². The third kappa shape index (κ3) is 3.57. The molecule has 1 saturated heterocycles. The molecule has 0 saturated carbocycles. The Hall–Kier alpha value is -2.93. The van der Waals surface area contributed by atoms with E-state index in [4.69, 9.17) is 0 Å². The zero-order chi connectivity index (χ0) is 19.7. The van der Waals surface area contributed by atoms with Crippen LogP contribution in [0.1, 0.15) is 23.3 Å². The highest BCUT2D eigenvalue weighted by atomic mass is 19.1. The van der Waals surface area contributed by atoms with Gasteiger partial charge in [-0.2, -0.15) is 5.10 Å². The second-order valence-electron chi connectivity index (χ2n) is 7.38. The average molecular weight is 381 g/mol. The van der Waals surface area contributed by atoms with Crippen LogP contribution in [0, 0.1) is 5.82 Å². The maximum absolute atomic E-state index is 14.7. The van der Waals surface area contributed by atoms with Crippen molar-refractivity contribution < 1.29 is 9.18 Å². The molecule has 6 nitrogen and oxygen atoms in total. The van der Waals surface area contributed by atoms with Crippen LogP contribution in [0.5, 0.6) is 0 Å². The molecule has 0 atom stereocenters. The first kappa shape index (κ1) is 18.4. The van der Waals surface area contributed by atoms with Crippen LogP contribution < -0.4 is 10.2 Å². The number of halogens is 1. The molecule has 1 aromatic carbocycles. The largest absolute Gasteiger partial charge is 0.369 e. The Kier molecular flexibility index (Phi) is 5.00. The Bertz CT molecular complexity index is 991. The van der Waals surface area contributed by atoms with E-state index in [1.807, 2.05) is 12.1 Å². The van der Waals surface area contributed by atoms with Gasteiger partial charge >= 0.3 is 0 Å². The number of hydrogen-bond donors (Lipinski definition) is 1. The monoisotopic (exact) mass is 381 g/mol. The maximum atomic E-state index is 14.7. The number of piperidine rings is 1. The number of benzene rings is 1. The van der Waals surface area contributed by atoms with Crippen LogP contribution >= 0.6 is 0 Å². The van der Waals surface area contributed by atoms with Gasteiger partial charge in [-0.05, 0) is 63.3 Å². The van der Waals surface area contributed by atoms with Gasteiger partial charge in [-0.1, -0.05) is 6.07 Å². The van der Waals surface area contributed by atoms with Crippen molar-refractivity contribution in [2.24, 2.45) is 0 Å². The van der Waals surface area contributed by atoms with Crippen molar-refractivity contribution in [3.05, 3.63) is 60.2 Å². The molecule has 1 aliphatic rings. The van der Waals surface area contributed by atoms with Crippen molar-refractivity contribution in [2.45, 2.75) is 18.9 Å². The lowest BCUT2D eigenvalue weighted by atomic mass is 10.0. The van der Waals surface area contributed by atoms with E-state index in [2.05, 4.69) is 34.3 Å². The van der Waals surface area contributed by atoms with Gasteiger partial charge in [0.15, 0.2) is 0 Å². The van der Waals surface area contributed by atoms with Crippen molar-refractivity contribution >= 4 is 22.8 Å². The summed E-state index contributed by atoms with van der Waals surface area (Å²) in [4.78, 5) is 16.9. The van der Waals surface area contributed by atoms with E-state index in [0.29, 0.717) is 23.1 Å². The molecule has 0 bridgehead atoms. The first-order chi connectivity index (χ1) is 13.5. The molecule has 28 heavy (non-hydrogen) atoms. The van der Waals surface area contributed by atoms with Crippen molar-refractivity contribution in [1.29, 1.82) is 0 Å². The Morgan fingerprint density at radius 1 is 1.18 bits per heavy atom. The summed E-state index contributed by atoms with van der Waals surface area (Å²) in [6, 6.07) is 12.6. The number of hydrogen-bond acceptors (Lipinski definition) is 4. The molecule has 1 N–H and O–H groups in total. The zero-order valence-corrected chi connectivity index (χ0v) is 16.1. The predicted molar refractivity (Wildman–Crippen MR) is 108 cm³/mol. The van der Waals surface area contributed by atoms with Gasteiger partial charge in [0.25, 0.3) is 5.91 Å². The molecule has 0 unspecified atom stereocenters. The second-order valence-corrected chi connectivity index (χ2v) is 7.38. The number of fused-ring (bicyclic) bond motifs is 1. The number of carbonyl (C=O) groups is 1. The summed E-state index contributed by atoms with van der Waals surface area (Å²) in [5, 5.41) is 6.93. The van der Waals surface area contributed by atoms with Gasteiger partial charge < -0.3 is 15.1 Å². The van der Waals surface area contributed by atoms with E-state index in [9.17, 15) is 9.18 Å². The normalized spacial score (nSPS) is 15.4. The number of nitrogens with one attached hydrogen (secondary N) is 1. The minimum Gasteiger partial charge on any atom is -0.369 e. The van der Waals surface area contributed by atoms with Gasteiger partial charge in [-0.25, -0.2) is 8.91 Å². The van der Waals surface area contributed by atoms with E-state index >= 15 is 0 Å². The topological polar surface area (TPSA) is 52.9 Å². The molecule has 7 heteroatoms. The fraction of sp³-hybridized carbons (Fsp3) is 0.333. The molecular formula is C21H24FN5O. The minimum atomic E-state index is -0.326. The predicted octanol–water partition coefficient (Wildman–Crippen LogP) is 3.26. The summed E-state index contributed by atoms with van der Waals surface area (Å²) < 4.78 is 16.3. The van der Waals surface area contributed by atoms with Gasteiger partial charge in [-0.3, -0.25) is 4.79 Å². The standard InChI is InChI=1S/C21H24FN5O/c1-25(2)16-9-12-26(13-10-16)19-7-6-15(14-18(19)22)24-21(28)20-5-3-4-17-8-11-23-27(17)20/h3-8,11,14,16H,9-10,12-13H2,1-2H3,(H,24,28). The highest BCUT2D eigenvalue weighted by Crippen LogP contribution is 2.27. The lowest BCUT2D eigenvalue weighted by Gasteiger charge is -2.36. The first-order valence-corrected chi connectivity index (χ1v) is 9.48. The van der Waals surface area contributed by atoms with Crippen LogP contribution in [0.15, 0.2) is 48.7 Å². The van der Waals surface area contributed by atoms with Crippen molar-refractivity contribution in [2.75, 3.05) is 37.4 Å². The number of pyridine rings is 1. The SMILES string of the molecule is CN(C)C1CCN(c2ccc(NC(=O)c3cccc4ccnn34)cc2F)CC1. The molecule has 0 radical (unpaired) electrons. The van der Waals surface area contributed by atoms with Crippen LogP contribution in [-0.4, -0.2) is 53.6 Å². The van der Waals surface area contributed by atoms with Gasteiger partial charge in [0.1, 0.15) is 11.5 Å². The summed E-state index contributed by atoms with van der Waals surface area (Å²) in [5.74, 6) is -0.647. The smallest absolute Gasteiger partial charge is 0.274 e. The van der Waals surface area contributed by atoms with Crippen LogP contribution in [0.25, 0.3) is 5.52 Å². The highest BCUT2D eigenvalue weighted by molar-refractivity contribution is 6.03. The van der Waals surface area contributed by atoms with Crippen LogP contribution in [-0.2, 0) is 0 Å². The van der Waals surface area contributed by atoms with Crippen LogP contribution in [0.4, 0.5) is 15.8 Å².